The van der Waals surface area contributed by atoms with E-state index in [4.69, 9.17) is 21.1 Å². The van der Waals surface area contributed by atoms with Gasteiger partial charge in [0.1, 0.15) is 11.5 Å². The molecule has 0 spiro atoms. The molecule has 14 heteroatoms. The van der Waals surface area contributed by atoms with E-state index in [1.54, 1.807) is 0 Å². The molecule has 2 heterocycles. The molecular formula is C17H10ClF5N4O4. The van der Waals surface area contributed by atoms with Crippen molar-refractivity contribution in [2.45, 2.75) is 12.1 Å². The first-order valence-corrected chi connectivity index (χ1v) is 8.44. The molecule has 31 heavy (non-hydrogen) atoms. The maximum Gasteiger partial charge on any atom is 0.459 e. The maximum absolute atomic E-state index is 14.3. The lowest BCUT2D eigenvalue weighted by Crippen LogP contribution is -2.36. The first-order chi connectivity index (χ1) is 14.5. The second-order valence-corrected chi connectivity index (χ2v) is 6.20. The van der Waals surface area contributed by atoms with E-state index in [9.17, 15) is 31.9 Å². The Morgan fingerprint density at radius 1 is 1.13 bits per heavy atom. The largest absolute Gasteiger partial charge is 0.506 e. The Balaban J connectivity index is 2.25. The smallest absolute Gasteiger partial charge is 0.459 e. The van der Waals surface area contributed by atoms with Crippen molar-refractivity contribution in [3.63, 3.8) is 0 Å². The normalized spacial score (nSPS) is 12.0. The quantitative estimate of drug-likeness (QED) is 0.548. The van der Waals surface area contributed by atoms with E-state index < -0.39 is 46.4 Å². The fourth-order valence-corrected chi connectivity index (χ4v) is 2.49. The molecule has 3 aromatic rings. The number of methoxy groups -OCH3 is 1. The molecule has 3 rings (SSSR count). The zero-order valence-electron chi connectivity index (χ0n) is 15.2. The van der Waals surface area contributed by atoms with E-state index in [-0.39, 0.29) is 16.6 Å². The lowest BCUT2D eigenvalue weighted by Gasteiger charge is -2.21. The lowest BCUT2D eigenvalue weighted by atomic mass is 10.2. The number of aromatic hydroxyl groups is 1. The van der Waals surface area contributed by atoms with Gasteiger partial charge >= 0.3 is 12.1 Å². The summed E-state index contributed by atoms with van der Waals surface area (Å²) in [4.78, 5) is 25.2. The van der Waals surface area contributed by atoms with Gasteiger partial charge in [-0.05, 0) is 12.1 Å². The molecule has 0 aliphatic rings. The molecule has 0 bridgehead atoms. The summed E-state index contributed by atoms with van der Waals surface area (Å²) in [5, 5.41) is 9.11. The number of aromatic nitrogens is 4. The average Bonchev–Trinajstić information content (AvgIpc) is 2.71. The molecule has 1 aromatic carbocycles. The summed E-state index contributed by atoms with van der Waals surface area (Å²) in [5.41, 5.74) is -3.88. The van der Waals surface area contributed by atoms with E-state index in [1.807, 2.05) is 4.98 Å². The van der Waals surface area contributed by atoms with Crippen LogP contribution in [0, 0.1) is 0 Å². The standard InChI is InChI=1S/C17H10ClF5N4O4/c1-30-15-10(24-4-5-25-15)13-26-12(16(19,20)17(21,22)23)11(14(29)27-13)31-7-2-3-9(28)8(18)6-7/h2-6,28H,1H3,(H,26,27,29). The number of phenolic OH excluding ortho intramolecular Hbond substituents is 1. The van der Waals surface area contributed by atoms with Crippen molar-refractivity contribution in [3.8, 4) is 34.6 Å². The third-order valence-corrected chi connectivity index (χ3v) is 4.05. The Bertz CT molecular complexity index is 1190. The van der Waals surface area contributed by atoms with E-state index in [1.165, 1.54) is 0 Å². The highest BCUT2D eigenvalue weighted by Crippen LogP contribution is 2.46. The molecule has 0 aliphatic heterocycles. The molecule has 0 fully saturated rings. The summed E-state index contributed by atoms with van der Waals surface area (Å²) in [6, 6.07) is 2.89. The summed E-state index contributed by atoms with van der Waals surface area (Å²) in [5.74, 6) is -8.88. The van der Waals surface area contributed by atoms with Crippen molar-refractivity contribution in [3.05, 3.63) is 51.7 Å². The zero-order valence-corrected chi connectivity index (χ0v) is 15.9. The Kier molecular flexibility index (Phi) is 5.72. The summed E-state index contributed by atoms with van der Waals surface area (Å²) < 4.78 is 77.7. The van der Waals surface area contributed by atoms with Crippen LogP contribution in [-0.2, 0) is 5.92 Å². The number of nitrogens with one attached hydrogen (secondary N) is 1. The monoisotopic (exact) mass is 464 g/mol. The van der Waals surface area contributed by atoms with Gasteiger partial charge in [0.05, 0.1) is 12.1 Å². The highest BCUT2D eigenvalue weighted by molar-refractivity contribution is 6.32. The number of hydrogen-bond acceptors (Lipinski definition) is 7. The van der Waals surface area contributed by atoms with Crippen LogP contribution in [0.2, 0.25) is 5.02 Å². The van der Waals surface area contributed by atoms with Crippen LogP contribution < -0.4 is 15.0 Å². The highest BCUT2D eigenvalue weighted by atomic mass is 35.5. The molecule has 8 nitrogen and oxygen atoms in total. The number of hydrogen-bond donors (Lipinski definition) is 2. The Labute approximate surface area is 174 Å². The molecule has 2 aromatic heterocycles. The average molecular weight is 465 g/mol. The third-order valence-electron chi connectivity index (χ3n) is 3.75. The Morgan fingerprint density at radius 2 is 1.81 bits per heavy atom. The minimum Gasteiger partial charge on any atom is -0.506 e. The number of benzene rings is 1. The number of aromatic amines is 1. The predicted octanol–water partition coefficient (Wildman–Crippen LogP) is 4.04. The van der Waals surface area contributed by atoms with Gasteiger partial charge in [0.2, 0.25) is 11.6 Å². The third kappa shape index (κ3) is 4.21. The second kappa shape index (κ2) is 7.98. The fourth-order valence-electron chi connectivity index (χ4n) is 2.32. The SMILES string of the molecule is COc1nccnc1-c1nc(C(F)(F)C(F)(F)F)c(Oc2ccc(O)c(Cl)c2)c(=O)[nH]1. The van der Waals surface area contributed by atoms with E-state index >= 15 is 0 Å². The topological polar surface area (TPSA) is 110 Å². The Morgan fingerprint density at radius 3 is 2.42 bits per heavy atom. The molecular weight excluding hydrogens is 455 g/mol. The van der Waals surface area contributed by atoms with Crippen molar-refractivity contribution in [1.29, 1.82) is 0 Å². The molecule has 0 amide bonds. The molecule has 164 valence electrons. The number of ether oxygens (including phenoxy) is 2. The van der Waals surface area contributed by atoms with E-state index in [0.717, 1.165) is 37.7 Å². The van der Waals surface area contributed by atoms with Gasteiger partial charge in [0.15, 0.2) is 17.2 Å². The first-order valence-electron chi connectivity index (χ1n) is 8.06. The van der Waals surface area contributed by atoms with Crippen molar-refractivity contribution in [1.82, 2.24) is 19.9 Å². The number of H-pyrrole nitrogens is 1. The van der Waals surface area contributed by atoms with Gasteiger partial charge in [0.25, 0.3) is 5.56 Å². The molecule has 2 N–H and O–H groups in total. The molecule has 0 unspecified atom stereocenters. The minimum absolute atomic E-state index is 0.286. The van der Waals surface area contributed by atoms with Crippen LogP contribution in [0.4, 0.5) is 22.0 Å². The van der Waals surface area contributed by atoms with Crippen molar-refractivity contribution in [2.75, 3.05) is 7.11 Å². The van der Waals surface area contributed by atoms with Crippen LogP contribution in [-0.4, -0.2) is 38.3 Å². The summed E-state index contributed by atoms with van der Waals surface area (Å²) in [6.45, 7) is 0. The van der Waals surface area contributed by atoms with Crippen LogP contribution in [0.15, 0.2) is 35.4 Å². The van der Waals surface area contributed by atoms with Crippen LogP contribution in [0.25, 0.3) is 11.5 Å². The summed E-state index contributed by atoms with van der Waals surface area (Å²) >= 11 is 5.67. The highest BCUT2D eigenvalue weighted by Gasteiger charge is 2.62. The van der Waals surface area contributed by atoms with Gasteiger partial charge in [0, 0.05) is 18.5 Å². The number of rotatable bonds is 5. The molecule has 0 atom stereocenters. The van der Waals surface area contributed by atoms with Crippen LogP contribution in [0.5, 0.6) is 23.1 Å². The maximum atomic E-state index is 14.3. The van der Waals surface area contributed by atoms with Gasteiger partial charge in [-0.1, -0.05) is 11.6 Å². The fraction of sp³-hybridized carbons (Fsp3) is 0.176. The van der Waals surface area contributed by atoms with Crippen LogP contribution >= 0.6 is 11.6 Å². The van der Waals surface area contributed by atoms with Gasteiger partial charge in [-0.15, -0.1) is 0 Å². The molecule has 0 aliphatic carbocycles. The first kappa shape index (κ1) is 22.2. The van der Waals surface area contributed by atoms with Crippen LogP contribution in [0.3, 0.4) is 0 Å². The minimum atomic E-state index is -6.11. The predicted molar refractivity (Wildman–Crippen MR) is 95.6 cm³/mol. The van der Waals surface area contributed by atoms with Crippen LogP contribution in [0.1, 0.15) is 5.69 Å². The van der Waals surface area contributed by atoms with Gasteiger partial charge in [-0.25, -0.2) is 15.0 Å². The summed E-state index contributed by atoms with van der Waals surface area (Å²) in [7, 11) is 1.14. The molecule has 0 radical (unpaired) electrons. The number of nitrogens with zero attached hydrogens (tertiary/aromatic N) is 3. The summed E-state index contributed by atoms with van der Waals surface area (Å²) in [6.07, 6.45) is -3.86. The zero-order chi connectivity index (χ0) is 23.0. The molecule has 0 saturated heterocycles. The number of phenols is 1. The Hall–Kier alpha value is -3.48. The number of alkyl halides is 5. The van der Waals surface area contributed by atoms with Gasteiger partial charge in [-0.2, -0.15) is 22.0 Å². The van der Waals surface area contributed by atoms with Gasteiger partial charge in [-0.3, -0.25) is 4.79 Å². The van der Waals surface area contributed by atoms with Crippen molar-refractivity contribution >= 4 is 11.6 Å². The molecule has 0 saturated carbocycles. The van der Waals surface area contributed by atoms with Gasteiger partial charge < -0.3 is 19.6 Å². The second-order valence-electron chi connectivity index (χ2n) is 5.79. The number of halogens is 6. The van der Waals surface area contributed by atoms with E-state index in [2.05, 4.69) is 15.0 Å². The van der Waals surface area contributed by atoms with Crippen molar-refractivity contribution in [2.24, 2.45) is 0 Å². The van der Waals surface area contributed by atoms with E-state index in [0.29, 0.717) is 0 Å². The lowest BCUT2D eigenvalue weighted by molar-refractivity contribution is -0.291. The van der Waals surface area contributed by atoms with Crippen molar-refractivity contribution < 1.29 is 36.5 Å².